The van der Waals surface area contributed by atoms with Gasteiger partial charge in [-0.15, -0.1) is 0 Å². The summed E-state index contributed by atoms with van der Waals surface area (Å²) in [6, 6.07) is 11.2. The molecule has 0 fully saturated rings. The number of nitrogens with zero attached hydrogens (tertiary/aromatic N) is 2. The highest BCUT2D eigenvalue weighted by Crippen LogP contribution is 2.31. The molecule has 4 nitrogen and oxygen atoms in total. The molecule has 0 radical (unpaired) electrons. The van der Waals surface area contributed by atoms with Crippen molar-refractivity contribution in [3.63, 3.8) is 0 Å². The monoisotopic (exact) mass is 299 g/mol. The summed E-state index contributed by atoms with van der Waals surface area (Å²) in [7, 11) is 1.90. The minimum absolute atomic E-state index is 0.532. The summed E-state index contributed by atoms with van der Waals surface area (Å²) in [4.78, 5) is 8.64. The fraction of sp³-hybridized carbons (Fsp3) is 0.125. The predicted molar refractivity (Wildman–Crippen MR) is 83.8 cm³/mol. The molecule has 0 saturated carbocycles. The van der Waals surface area contributed by atoms with Crippen molar-refractivity contribution >= 4 is 22.5 Å². The van der Waals surface area contributed by atoms with Gasteiger partial charge in [-0.2, -0.15) is 0 Å². The number of ether oxygens (including phenoxy) is 1. The van der Waals surface area contributed by atoms with Crippen LogP contribution in [0.15, 0.2) is 48.8 Å². The zero-order chi connectivity index (χ0) is 14.7. The summed E-state index contributed by atoms with van der Waals surface area (Å²) in [5, 5.41) is 4.60. The summed E-state index contributed by atoms with van der Waals surface area (Å²) in [6.07, 6.45) is 3.51. The average Bonchev–Trinajstić information content (AvgIpc) is 2.52. The van der Waals surface area contributed by atoms with E-state index in [1.165, 1.54) is 0 Å². The molecule has 0 bridgehead atoms. The van der Waals surface area contributed by atoms with Gasteiger partial charge in [0.2, 0.25) is 5.88 Å². The number of nitrogens with one attached hydrogen (secondary N) is 1. The molecule has 0 unspecified atom stereocenters. The van der Waals surface area contributed by atoms with Crippen LogP contribution in [0.25, 0.3) is 10.9 Å². The number of benzene rings is 1. The lowest BCUT2D eigenvalue weighted by Crippen LogP contribution is -2.05. The van der Waals surface area contributed by atoms with Crippen LogP contribution in [0.5, 0.6) is 11.6 Å². The number of rotatable bonds is 4. The van der Waals surface area contributed by atoms with Crippen LogP contribution in [0.4, 0.5) is 0 Å². The number of hydrogen-bond acceptors (Lipinski definition) is 4. The third kappa shape index (κ3) is 2.96. The zero-order valence-corrected chi connectivity index (χ0v) is 12.3. The Hall–Kier alpha value is -2.17. The van der Waals surface area contributed by atoms with Crippen LogP contribution < -0.4 is 10.1 Å². The Kier molecular flexibility index (Phi) is 3.99. The predicted octanol–water partition coefficient (Wildman–Crippen LogP) is 3.79. The lowest BCUT2D eigenvalue weighted by atomic mass is 10.2. The largest absolute Gasteiger partial charge is 0.437 e. The quantitative estimate of drug-likeness (QED) is 0.796. The molecular formula is C16H14ClN3O. The molecular weight excluding hydrogens is 286 g/mol. The highest BCUT2D eigenvalue weighted by Gasteiger charge is 2.08. The molecule has 0 saturated heterocycles. The van der Waals surface area contributed by atoms with Crippen LogP contribution in [-0.4, -0.2) is 17.0 Å². The van der Waals surface area contributed by atoms with Crippen LogP contribution in [0.2, 0.25) is 5.02 Å². The van der Waals surface area contributed by atoms with Crippen LogP contribution in [-0.2, 0) is 6.54 Å². The Labute approximate surface area is 127 Å². The molecule has 0 aliphatic heterocycles. The zero-order valence-electron chi connectivity index (χ0n) is 11.5. The van der Waals surface area contributed by atoms with Crippen molar-refractivity contribution < 1.29 is 4.74 Å². The first-order valence-electron chi connectivity index (χ1n) is 6.58. The first kappa shape index (κ1) is 13.8. The molecule has 2 aromatic heterocycles. The number of fused-ring (bicyclic) bond motifs is 1. The molecule has 3 aromatic rings. The van der Waals surface area contributed by atoms with E-state index in [-0.39, 0.29) is 0 Å². The Morgan fingerprint density at radius 3 is 2.81 bits per heavy atom. The van der Waals surface area contributed by atoms with Gasteiger partial charge in [0.1, 0.15) is 5.52 Å². The normalized spacial score (nSPS) is 10.8. The standard InChI is InChI=1S/C16H14ClN3O/c1-18-9-11-4-7-15(20-10-11)21-14-6-5-13(17)12-3-2-8-19-16(12)14/h2-8,10,18H,9H2,1H3. The van der Waals surface area contributed by atoms with E-state index >= 15 is 0 Å². The minimum atomic E-state index is 0.532. The third-order valence-corrected chi connectivity index (χ3v) is 3.40. The second-order valence-electron chi connectivity index (χ2n) is 4.58. The van der Waals surface area contributed by atoms with Crippen LogP contribution >= 0.6 is 11.6 Å². The molecule has 0 spiro atoms. The molecule has 0 amide bonds. The molecule has 3 rings (SSSR count). The molecule has 106 valence electrons. The second kappa shape index (κ2) is 6.08. The van der Waals surface area contributed by atoms with E-state index in [1.807, 2.05) is 31.3 Å². The first-order valence-corrected chi connectivity index (χ1v) is 6.96. The maximum atomic E-state index is 6.17. The van der Waals surface area contributed by atoms with Crippen molar-refractivity contribution in [3.05, 3.63) is 59.4 Å². The van der Waals surface area contributed by atoms with E-state index < -0.39 is 0 Å². The van der Waals surface area contributed by atoms with E-state index in [2.05, 4.69) is 15.3 Å². The Balaban J connectivity index is 1.93. The highest BCUT2D eigenvalue weighted by molar-refractivity contribution is 6.35. The lowest BCUT2D eigenvalue weighted by Gasteiger charge is -2.09. The maximum absolute atomic E-state index is 6.17. The van der Waals surface area contributed by atoms with E-state index in [0.29, 0.717) is 16.7 Å². The average molecular weight is 300 g/mol. The van der Waals surface area contributed by atoms with Gasteiger partial charge in [-0.3, -0.25) is 4.98 Å². The van der Waals surface area contributed by atoms with Gasteiger partial charge >= 0.3 is 0 Å². The SMILES string of the molecule is CNCc1ccc(Oc2ccc(Cl)c3cccnc23)nc1. The smallest absolute Gasteiger partial charge is 0.219 e. The summed E-state index contributed by atoms with van der Waals surface area (Å²) in [5.41, 5.74) is 1.83. The Morgan fingerprint density at radius 1 is 1.14 bits per heavy atom. The number of pyridine rings is 2. The number of aromatic nitrogens is 2. The van der Waals surface area contributed by atoms with E-state index in [0.717, 1.165) is 23.0 Å². The van der Waals surface area contributed by atoms with Crippen molar-refractivity contribution in [2.75, 3.05) is 7.05 Å². The lowest BCUT2D eigenvalue weighted by molar-refractivity contribution is 0.466. The summed E-state index contributed by atoms with van der Waals surface area (Å²) in [6.45, 7) is 0.776. The van der Waals surface area contributed by atoms with E-state index in [4.69, 9.17) is 16.3 Å². The number of halogens is 1. The van der Waals surface area contributed by atoms with Crippen molar-refractivity contribution in [1.82, 2.24) is 15.3 Å². The van der Waals surface area contributed by atoms with Gasteiger partial charge in [0, 0.05) is 30.4 Å². The molecule has 0 aliphatic carbocycles. The van der Waals surface area contributed by atoms with E-state index in [9.17, 15) is 0 Å². The van der Waals surface area contributed by atoms with Gasteiger partial charge in [0.25, 0.3) is 0 Å². The maximum Gasteiger partial charge on any atom is 0.219 e. The van der Waals surface area contributed by atoms with Crippen molar-refractivity contribution in [3.8, 4) is 11.6 Å². The summed E-state index contributed by atoms with van der Waals surface area (Å²) >= 11 is 6.17. The number of hydrogen-bond donors (Lipinski definition) is 1. The van der Waals surface area contributed by atoms with Crippen molar-refractivity contribution in [2.45, 2.75) is 6.54 Å². The van der Waals surface area contributed by atoms with Crippen LogP contribution in [0.1, 0.15) is 5.56 Å². The first-order chi connectivity index (χ1) is 10.3. The highest BCUT2D eigenvalue weighted by atomic mass is 35.5. The van der Waals surface area contributed by atoms with Gasteiger partial charge in [-0.1, -0.05) is 17.7 Å². The summed E-state index contributed by atoms with van der Waals surface area (Å²) in [5.74, 6) is 1.17. The van der Waals surface area contributed by atoms with Crippen molar-refractivity contribution in [1.29, 1.82) is 0 Å². The second-order valence-corrected chi connectivity index (χ2v) is 4.99. The van der Waals surface area contributed by atoms with E-state index in [1.54, 1.807) is 24.5 Å². The molecule has 1 aromatic carbocycles. The molecule has 2 heterocycles. The molecule has 1 N–H and O–H groups in total. The Morgan fingerprint density at radius 2 is 2.05 bits per heavy atom. The van der Waals surface area contributed by atoms with Gasteiger partial charge in [-0.25, -0.2) is 4.98 Å². The summed E-state index contributed by atoms with van der Waals surface area (Å²) < 4.78 is 5.83. The van der Waals surface area contributed by atoms with Crippen LogP contribution in [0.3, 0.4) is 0 Å². The third-order valence-electron chi connectivity index (χ3n) is 3.07. The van der Waals surface area contributed by atoms with Gasteiger partial charge < -0.3 is 10.1 Å². The fourth-order valence-corrected chi connectivity index (χ4v) is 2.30. The minimum Gasteiger partial charge on any atom is -0.437 e. The van der Waals surface area contributed by atoms with Crippen molar-refractivity contribution in [2.24, 2.45) is 0 Å². The molecule has 21 heavy (non-hydrogen) atoms. The topological polar surface area (TPSA) is 47.0 Å². The Bertz CT molecular complexity index is 759. The van der Waals surface area contributed by atoms with Gasteiger partial charge in [0.05, 0.1) is 5.02 Å². The van der Waals surface area contributed by atoms with Gasteiger partial charge in [0.15, 0.2) is 5.75 Å². The fourth-order valence-electron chi connectivity index (χ4n) is 2.09. The molecule has 5 heteroatoms. The molecule has 0 aliphatic rings. The van der Waals surface area contributed by atoms with Gasteiger partial charge in [-0.05, 0) is 36.9 Å². The molecule has 0 atom stereocenters. The van der Waals surface area contributed by atoms with Crippen LogP contribution in [0, 0.1) is 0 Å².